The standard InChI is InChI=1S/C17H14ClFN4O.C6H12.C5H4F3N3O/c1-23-5-4-9-6-11(12(19)7-10(9)17(23)24)16-21-14(8-2-3-8)13(18)15(20)22-16;1-2-4-6-5-3-1;6-5(7,8)3-2(9)1-10-11-4(3)12/h4-8H,2-3H2,1H3,(H2,20,21,22);1-6H2;1H,(H3,9,11,12). The molecule has 0 amide bonds. The van der Waals surface area contributed by atoms with Crippen LogP contribution in [0.2, 0.25) is 5.02 Å². The quantitative estimate of drug-likeness (QED) is 0.238. The molecule has 4 aromatic rings. The highest BCUT2D eigenvalue weighted by atomic mass is 35.5. The van der Waals surface area contributed by atoms with Crippen LogP contribution in [0.15, 0.2) is 40.2 Å². The number of nitrogens with two attached hydrogens (primary N) is 2. The minimum absolute atomic E-state index is 0.145. The molecule has 0 saturated heterocycles. The van der Waals surface area contributed by atoms with E-state index in [4.69, 9.17) is 23.1 Å². The van der Waals surface area contributed by atoms with Gasteiger partial charge in [0.25, 0.3) is 11.1 Å². The number of nitrogens with zero attached hydrogens (tertiary/aromatic N) is 4. The highest BCUT2D eigenvalue weighted by Crippen LogP contribution is 2.44. The van der Waals surface area contributed by atoms with Crippen LogP contribution in [0, 0.1) is 5.82 Å². The molecule has 1 aromatic carbocycles. The lowest BCUT2D eigenvalue weighted by Gasteiger charge is -2.10. The Bertz CT molecular complexity index is 1690. The third kappa shape index (κ3) is 7.25. The van der Waals surface area contributed by atoms with Gasteiger partial charge in [0.05, 0.1) is 28.5 Å². The fraction of sp³-hybridized carbons (Fsp3) is 0.393. The summed E-state index contributed by atoms with van der Waals surface area (Å²) in [6, 6.07) is 4.55. The van der Waals surface area contributed by atoms with E-state index >= 15 is 0 Å². The van der Waals surface area contributed by atoms with Crippen LogP contribution >= 0.6 is 11.6 Å². The second-order valence-electron chi connectivity index (χ2n) is 10.2. The third-order valence-corrected chi connectivity index (χ3v) is 7.33. The van der Waals surface area contributed by atoms with Crippen molar-refractivity contribution in [1.82, 2.24) is 24.7 Å². The number of benzene rings is 1. The molecule has 2 aliphatic rings. The van der Waals surface area contributed by atoms with Gasteiger partial charge in [0.1, 0.15) is 22.2 Å². The van der Waals surface area contributed by atoms with Crippen molar-refractivity contribution in [3.8, 4) is 11.4 Å². The summed E-state index contributed by atoms with van der Waals surface area (Å²) in [6.45, 7) is 0. The number of rotatable bonds is 2. The van der Waals surface area contributed by atoms with E-state index in [1.165, 1.54) is 49.2 Å². The van der Waals surface area contributed by atoms with Crippen LogP contribution in [0.25, 0.3) is 22.2 Å². The number of hydrogen-bond donors (Lipinski definition) is 3. The highest BCUT2D eigenvalue weighted by Gasteiger charge is 2.36. The number of H-pyrrole nitrogens is 1. The Kier molecular flexibility index (Phi) is 9.50. The van der Waals surface area contributed by atoms with E-state index in [0.717, 1.165) is 19.0 Å². The van der Waals surface area contributed by atoms with Gasteiger partial charge >= 0.3 is 6.18 Å². The molecule has 9 nitrogen and oxygen atoms in total. The number of anilines is 2. The topological polar surface area (TPSA) is 146 Å². The molecule has 0 radical (unpaired) electrons. The molecule has 6 rings (SSSR count). The lowest BCUT2D eigenvalue weighted by molar-refractivity contribution is -0.138. The van der Waals surface area contributed by atoms with E-state index < -0.39 is 28.8 Å². The Morgan fingerprint density at radius 3 is 2.17 bits per heavy atom. The monoisotopic (exact) mass is 607 g/mol. The molecular weight excluding hydrogens is 578 g/mol. The summed E-state index contributed by atoms with van der Waals surface area (Å²) in [5, 5.41) is 6.02. The number of pyridine rings is 1. The summed E-state index contributed by atoms with van der Waals surface area (Å²) >= 11 is 6.17. The number of nitrogen functional groups attached to an aromatic ring is 2. The maximum Gasteiger partial charge on any atom is 0.423 e. The molecule has 0 bridgehead atoms. The minimum atomic E-state index is -4.74. The molecule has 224 valence electrons. The first-order chi connectivity index (χ1) is 19.9. The number of halogens is 5. The number of fused-ring (bicyclic) bond motifs is 1. The zero-order valence-electron chi connectivity index (χ0n) is 22.8. The number of hydrogen-bond acceptors (Lipinski definition) is 7. The van der Waals surface area contributed by atoms with Crippen LogP contribution in [0.4, 0.5) is 29.1 Å². The maximum absolute atomic E-state index is 14.6. The number of aromatic amines is 1. The smallest absolute Gasteiger partial charge is 0.397 e. The molecule has 0 atom stereocenters. The Balaban J connectivity index is 0.000000186. The van der Waals surface area contributed by atoms with E-state index in [9.17, 15) is 27.2 Å². The third-order valence-electron chi connectivity index (χ3n) is 6.94. The van der Waals surface area contributed by atoms with Crippen LogP contribution in [0.1, 0.15) is 68.5 Å². The Labute approximate surface area is 242 Å². The van der Waals surface area contributed by atoms with Crippen molar-refractivity contribution in [2.24, 2.45) is 7.05 Å². The maximum atomic E-state index is 14.6. The van der Waals surface area contributed by atoms with Gasteiger partial charge in [0.15, 0.2) is 5.82 Å². The molecule has 42 heavy (non-hydrogen) atoms. The predicted molar refractivity (Wildman–Crippen MR) is 154 cm³/mol. The van der Waals surface area contributed by atoms with E-state index in [2.05, 4.69) is 15.1 Å². The SMILES string of the molecule is C1CCCCC1.Cn1ccc2cc(-c3nc(N)c(Cl)c(C4CC4)n3)c(F)cc2c1=O.Nc1cn[nH]c(=O)c1C(F)(F)F. The molecule has 2 fully saturated rings. The molecule has 0 spiro atoms. The Hall–Kier alpha value is -4.00. The lowest BCUT2D eigenvalue weighted by Crippen LogP contribution is -2.24. The average Bonchev–Trinajstić information content (AvgIpc) is 3.79. The van der Waals surface area contributed by atoms with Crippen LogP contribution in [0.3, 0.4) is 0 Å². The van der Waals surface area contributed by atoms with Gasteiger partial charge in [-0.05, 0) is 36.4 Å². The van der Waals surface area contributed by atoms with Gasteiger partial charge in [-0.2, -0.15) is 18.3 Å². The molecule has 0 unspecified atom stereocenters. The largest absolute Gasteiger partial charge is 0.423 e. The second-order valence-corrected chi connectivity index (χ2v) is 10.6. The Morgan fingerprint density at radius 1 is 1.02 bits per heavy atom. The van der Waals surface area contributed by atoms with Crippen LogP contribution in [-0.2, 0) is 13.2 Å². The molecule has 5 N–H and O–H groups in total. The molecule has 3 aromatic heterocycles. The van der Waals surface area contributed by atoms with Crippen molar-refractivity contribution in [2.75, 3.05) is 11.5 Å². The van der Waals surface area contributed by atoms with Gasteiger partial charge in [-0.15, -0.1) is 0 Å². The van der Waals surface area contributed by atoms with Gasteiger partial charge in [-0.1, -0.05) is 50.1 Å². The number of aromatic nitrogens is 5. The van der Waals surface area contributed by atoms with Gasteiger partial charge in [0, 0.05) is 19.2 Å². The first-order valence-electron chi connectivity index (χ1n) is 13.4. The average molecular weight is 608 g/mol. The summed E-state index contributed by atoms with van der Waals surface area (Å²) in [4.78, 5) is 31.2. The summed E-state index contributed by atoms with van der Waals surface area (Å²) in [5.41, 5.74) is 7.99. The number of aryl methyl sites for hydroxylation is 1. The van der Waals surface area contributed by atoms with E-state index in [1.807, 2.05) is 0 Å². The van der Waals surface area contributed by atoms with Gasteiger partial charge in [-0.3, -0.25) is 9.59 Å². The van der Waals surface area contributed by atoms with Crippen molar-refractivity contribution in [3.05, 3.63) is 73.4 Å². The minimum Gasteiger partial charge on any atom is -0.397 e. The lowest BCUT2D eigenvalue weighted by atomic mass is 10.0. The van der Waals surface area contributed by atoms with Crippen LogP contribution in [-0.4, -0.2) is 24.7 Å². The molecule has 0 aliphatic heterocycles. The van der Waals surface area contributed by atoms with Crippen molar-refractivity contribution in [2.45, 2.75) is 63.5 Å². The molecule has 14 heteroatoms. The summed E-state index contributed by atoms with van der Waals surface area (Å²) in [6.07, 6.45) is 8.63. The van der Waals surface area contributed by atoms with Crippen molar-refractivity contribution >= 4 is 33.9 Å². The van der Waals surface area contributed by atoms with Crippen LogP contribution in [0.5, 0.6) is 0 Å². The van der Waals surface area contributed by atoms with E-state index in [-0.39, 0.29) is 28.7 Å². The highest BCUT2D eigenvalue weighted by molar-refractivity contribution is 6.33. The summed E-state index contributed by atoms with van der Waals surface area (Å²) < 4.78 is 51.9. The predicted octanol–water partition coefficient (Wildman–Crippen LogP) is 5.96. The van der Waals surface area contributed by atoms with Crippen molar-refractivity contribution in [3.63, 3.8) is 0 Å². The normalized spacial score (nSPS) is 14.9. The number of nitrogens with one attached hydrogen (secondary N) is 1. The van der Waals surface area contributed by atoms with Gasteiger partial charge in [0.2, 0.25) is 0 Å². The molecule has 2 saturated carbocycles. The van der Waals surface area contributed by atoms with E-state index in [1.54, 1.807) is 30.5 Å². The fourth-order valence-electron chi connectivity index (χ4n) is 4.53. The van der Waals surface area contributed by atoms with Gasteiger partial charge in [-0.25, -0.2) is 19.5 Å². The number of alkyl halides is 3. The second kappa shape index (κ2) is 12.9. The van der Waals surface area contributed by atoms with E-state index in [0.29, 0.717) is 21.5 Å². The zero-order chi connectivity index (χ0) is 30.6. The van der Waals surface area contributed by atoms with Crippen LogP contribution < -0.4 is 22.6 Å². The molecule has 3 heterocycles. The summed E-state index contributed by atoms with van der Waals surface area (Å²) in [7, 11) is 1.62. The molecule has 2 aliphatic carbocycles. The zero-order valence-corrected chi connectivity index (χ0v) is 23.5. The first-order valence-corrected chi connectivity index (χ1v) is 13.8. The van der Waals surface area contributed by atoms with Gasteiger partial charge < -0.3 is 16.0 Å². The summed E-state index contributed by atoms with van der Waals surface area (Å²) in [5.74, 6) is 0.0394. The van der Waals surface area contributed by atoms with Crippen molar-refractivity contribution < 1.29 is 17.6 Å². The van der Waals surface area contributed by atoms with Crippen molar-refractivity contribution in [1.29, 1.82) is 0 Å². The Morgan fingerprint density at radius 2 is 1.64 bits per heavy atom. The molecular formula is C28H30ClF4N7O2. The first kappa shape index (κ1) is 30.9. The fourth-order valence-corrected chi connectivity index (χ4v) is 4.77.